The van der Waals surface area contributed by atoms with Gasteiger partial charge in [0.25, 0.3) is 0 Å². The number of nitrogens with two attached hydrogens (primary N) is 1. The van der Waals surface area contributed by atoms with Crippen molar-refractivity contribution in [1.82, 2.24) is 4.90 Å². The van der Waals surface area contributed by atoms with E-state index in [2.05, 4.69) is 57.0 Å². The fourth-order valence-electron chi connectivity index (χ4n) is 2.55. The minimum atomic E-state index is 0.241. The fraction of sp³-hybridized carbons (Fsp3) is 0.625. The first-order chi connectivity index (χ1) is 8.89. The molecule has 0 saturated carbocycles. The summed E-state index contributed by atoms with van der Waals surface area (Å²) in [5.74, 6) is 0. The largest absolute Gasteiger partial charge is 0.380 e. The summed E-state index contributed by atoms with van der Waals surface area (Å²) in [7, 11) is 3.87. The second kappa shape index (κ2) is 7.04. The van der Waals surface area contributed by atoms with Crippen molar-refractivity contribution in [3.63, 3.8) is 0 Å². The quantitative estimate of drug-likeness (QED) is 0.858. The second-order valence-corrected chi connectivity index (χ2v) is 6.36. The molecule has 19 heavy (non-hydrogen) atoms. The zero-order chi connectivity index (χ0) is 14.5. The summed E-state index contributed by atoms with van der Waals surface area (Å²) in [5, 5.41) is 0. The molecule has 0 aliphatic heterocycles. The van der Waals surface area contributed by atoms with Crippen molar-refractivity contribution < 1.29 is 4.74 Å². The van der Waals surface area contributed by atoms with E-state index in [1.807, 2.05) is 0 Å². The maximum Gasteiger partial charge on any atom is 0.0716 e. The molecule has 1 aromatic carbocycles. The Kier molecular flexibility index (Phi) is 5.98. The van der Waals surface area contributed by atoms with Crippen molar-refractivity contribution in [2.45, 2.75) is 33.4 Å². The predicted octanol–water partition coefficient (Wildman–Crippen LogP) is 2.81. The van der Waals surface area contributed by atoms with Gasteiger partial charge in [-0.3, -0.25) is 4.90 Å². The Morgan fingerprint density at radius 2 is 1.89 bits per heavy atom. The normalized spacial score (nSPS) is 13.8. The van der Waals surface area contributed by atoms with E-state index in [1.54, 1.807) is 7.11 Å². The Balaban J connectivity index is 2.96. The van der Waals surface area contributed by atoms with Gasteiger partial charge >= 0.3 is 0 Å². The zero-order valence-electron chi connectivity index (χ0n) is 12.9. The standard InChI is InChI=1S/C16H28N2O/c1-16(2,3)12-18(4)15(10-17)14-9-7-6-8-13(14)11-19-5/h6-9,15H,10-12,17H2,1-5H3. The van der Waals surface area contributed by atoms with Crippen LogP contribution in [0.2, 0.25) is 0 Å². The minimum absolute atomic E-state index is 0.241. The summed E-state index contributed by atoms with van der Waals surface area (Å²) in [5.41, 5.74) is 8.77. The molecule has 0 aliphatic rings. The number of hydrogen-bond donors (Lipinski definition) is 1. The van der Waals surface area contributed by atoms with E-state index in [0.29, 0.717) is 13.2 Å². The highest BCUT2D eigenvalue weighted by Crippen LogP contribution is 2.26. The van der Waals surface area contributed by atoms with E-state index in [1.165, 1.54) is 11.1 Å². The predicted molar refractivity (Wildman–Crippen MR) is 81.0 cm³/mol. The molecule has 0 radical (unpaired) electrons. The van der Waals surface area contributed by atoms with Gasteiger partial charge in [0.1, 0.15) is 0 Å². The molecule has 0 aromatic heterocycles. The van der Waals surface area contributed by atoms with Crippen LogP contribution in [0.3, 0.4) is 0 Å². The summed E-state index contributed by atoms with van der Waals surface area (Å²) in [6, 6.07) is 8.64. The van der Waals surface area contributed by atoms with Gasteiger partial charge < -0.3 is 10.5 Å². The first-order valence-corrected chi connectivity index (χ1v) is 6.86. The Bertz CT molecular complexity index is 385. The van der Waals surface area contributed by atoms with E-state index in [0.717, 1.165) is 6.54 Å². The Morgan fingerprint density at radius 1 is 1.26 bits per heavy atom. The smallest absolute Gasteiger partial charge is 0.0716 e. The van der Waals surface area contributed by atoms with Crippen molar-refractivity contribution in [1.29, 1.82) is 0 Å². The van der Waals surface area contributed by atoms with E-state index < -0.39 is 0 Å². The molecule has 3 nitrogen and oxygen atoms in total. The Morgan fingerprint density at radius 3 is 2.42 bits per heavy atom. The van der Waals surface area contributed by atoms with Crippen LogP contribution in [0.1, 0.15) is 37.9 Å². The molecular formula is C16H28N2O. The summed E-state index contributed by atoms with van der Waals surface area (Å²) in [6.45, 7) is 9.01. The average molecular weight is 264 g/mol. The number of nitrogens with zero attached hydrogens (tertiary/aromatic N) is 1. The lowest BCUT2D eigenvalue weighted by molar-refractivity contribution is 0.165. The highest BCUT2D eigenvalue weighted by atomic mass is 16.5. The molecule has 1 aromatic rings. The second-order valence-electron chi connectivity index (χ2n) is 6.36. The molecule has 0 bridgehead atoms. The topological polar surface area (TPSA) is 38.5 Å². The van der Waals surface area contributed by atoms with Crippen LogP contribution in [-0.2, 0) is 11.3 Å². The fourth-order valence-corrected chi connectivity index (χ4v) is 2.55. The molecule has 0 saturated heterocycles. The Labute approximate surface area is 117 Å². The highest BCUT2D eigenvalue weighted by Gasteiger charge is 2.22. The van der Waals surface area contributed by atoms with Crippen LogP contribution in [0.25, 0.3) is 0 Å². The van der Waals surface area contributed by atoms with Gasteiger partial charge in [-0.2, -0.15) is 0 Å². The summed E-state index contributed by atoms with van der Waals surface area (Å²) >= 11 is 0. The molecule has 0 amide bonds. The molecule has 0 heterocycles. The van der Waals surface area contributed by atoms with Crippen LogP contribution >= 0.6 is 0 Å². The lowest BCUT2D eigenvalue weighted by atomic mass is 9.93. The van der Waals surface area contributed by atoms with Gasteiger partial charge in [0.2, 0.25) is 0 Å². The molecule has 1 rings (SSSR count). The monoisotopic (exact) mass is 264 g/mol. The van der Waals surface area contributed by atoms with E-state index in [9.17, 15) is 0 Å². The third kappa shape index (κ3) is 4.94. The van der Waals surface area contributed by atoms with Gasteiger partial charge in [-0.15, -0.1) is 0 Å². The molecule has 108 valence electrons. The van der Waals surface area contributed by atoms with Crippen LogP contribution in [0.15, 0.2) is 24.3 Å². The number of rotatable bonds is 6. The number of methoxy groups -OCH3 is 1. The van der Waals surface area contributed by atoms with Crippen molar-refractivity contribution in [2.24, 2.45) is 11.1 Å². The van der Waals surface area contributed by atoms with Crippen molar-refractivity contribution in [3.05, 3.63) is 35.4 Å². The van der Waals surface area contributed by atoms with Crippen LogP contribution in [0.4, 0.5) is 0 Å². The van der Waals surface area contributed by atoms with Crippen molar-refractivity contribution in [2.75, 3.05) is 27.2 Å². The number of hydrogen-bond acceptors (Lipinski definition) is 3. The summed E-state index contributed by atoms with van der Waals surface area (Å²) < 4.78 is 5.28. The van der Waals surface area contributed by atoms with Gasteiger partial charge in [-0.1, -0.05) is 45.0 Å². The van der Waals surface area contributed by atoms with E-state index in [-0.39, 0.29) is 11.5 Å². The molecule has 3 heteroatoms. The maximum absolute atomic E-state index is 6.01. The lowest BCUT2D eigenvalue weighted by Gasteiger charge is -2.34. The van der Waals surface area contributed by atoms with Gasteiger partial charge in [0.15, 0.2) is 0 Å². The molecule has 0 fully saturated rings. The molecule has 1 unspecified atom stereocenters. The van der Waals surface area contributed by atoms with Crippen LogP contribution in [0.5, 0.6) is 0 Å². The number of benzene rings is 1. The highest BCUT2D eigenvalue weighted by molar-refractivity contribution is 5.30. The SMILES string of the molecule is COCc1ccccc1C(CN)N(C)CC(C)(C)C. The summed E-state index contributed by atoms with van der Waals surface area (Å²) in [6.07, 6.45) is 0. The third-order valence-corrected chi connectivity index (χ3v) is 3.19. The molecule has 2 N–H and O–H groups in total. The van der Waals surface area contributed by atoms with Crippen LogP contribution in [-0.4, -0.2) is 32.1 Å². The third-order valence-electron chi connectivity index (χ3n) is 3.19. The van der Waals surface area contributed by atoms with Gasteiger partial charge in [-0.05, 0) is 23.6 Å². The summed E-state index contributed by atoms with van der Waals surface area (Å²) in [4.78, 5) is 2.34. The van der Waals surface area contributed by atoms with Gasteiger partial charge in [0, 0.05) is 26.2 Å². The van der Waals surface area contributed by atoms with E-state index in [4.69, 9.17) is 10.5 Å². The molecule has 0 aliphatic carbocycles. The number of ether oxygens (including phenoxy) is 1. The van der Waals surface area contributed by atoms with Crippen LogP contribution < -0.4 is 5.73 Å². The van der Waals surface area contributed by atoms with Gasteiger partial charge in [-0.25, -0.2) is 0 Å². The van der Waals surface area contributed by atoms with Crippen molar-refractivity contribution >= 4 is 0 Å². The Hall–Kier alpha value is -0.900. The van der Waals surface area contributed by atoms with Gasteiger partial charge in [0.05, 0.1) is 6.61 Å². The number of likely N-dealkylation sites (N-methyl/N-ethyl adjacent to an activating group) is 1. The minimum Gasteiger partial charge on any atom is -0.380 e. The zero-order valence-corrected chi connectivity index (χ0v) is 12.9. The lowest BCUT2D eigenvalue weighted by Crippen LogP contribution is -2.36. The first kappa shape index (κ1) is 16.2. The molecule has 1 atom stereocenters. The van der Waals surface area contributed by atoms with Crippen LogP contribution in [0, 0.1) is 5.41 Å². The molecule has 0 spiro atoms. The molecular weight excluding hydrogens is 236 g/mol. The maximum atomic E-state index is 6.01. The van der Waals surface area contributed by atoms with Crippen molar-refractivity contribution in [3.8, 4) is 0 Å². The first-order valence-electron chi connectivity index (χ1n) is 6.86. The van der Waals surface area contributed by atoms with E-state index >= 15 is 0 Å². The average Bonchev–Trinajstić information content (AvgIpc) is 2.30.